The van der Waals surface area contributed by atoms with E-state index in [1.807, 2.05) is 18.2 Å². The molecular weight excluding hydrogens is 486 g/mol. The lowest BCUT2D eigenvalue weighted by Crippen LogP contribution is -2.15. The first-order chi connectivity index (χ1) is 19.2. The molecule has 0 fully saturated rings. The molecule has 0 aliphatic rings. The van der Waals surface area contributed by atoms with Gasteiger partial charge < -0.3 is 14.6 Å². The van der Waals surface area contributed by atoms with Crippen molar-refractivity contribution in [2.24, 2.45) is 5.92 Å². The van der Waals surface area contributed by atoms with Crippen molar-refractivity contribution in [2.75, 3.05) is 19.8 Å². The van der Waals surface area contributed by atoms with E-state index in [9.17, 15) is 5.11 Å². The van der Waals surface area contributed by atoms with E-state index in [1.165, 1.54) is 31.9 Å². The fourth-order valence-electron chi connectivity index (χ4n) is 5.04. The van der Waals surface area contributed by atoms with Crippen LogP contribution in [0, 0.1) is 5.92 Å². The molecule has 1 heterocycles. The number of hydrogen-bond donors (Lipinski definition) is 1. The van der Waals surface area contributed by atoms with Crippen LogP contribution in [0.5, 0.6) is 11.5 Å². The minimum absolute atomic E-state index is 0.204. The molecule has 0 spiro atoms. The number of aromatic nitrogens is 3. The first kappa shape index (κ1) is 30.6. The van der Waals surface area contributed by atoms with Gasteiger partial charge in [0, 0.05) is 23.3 Å². The van der Waals surface area contributed by atoms with Gasteiger partial charge in [0.25, 0.3) is 0 Å². The maximum atomic E-state index is 11.8. The third-order valence-electron chi connectivity index (χ3n) is 7.33. The molecule has 2 aromatic carbocycles. The van der Waals surface area contributed by atoms with Gasteiger partial charge in [-0.25, -0.2) is 15.0 Å². The molecule has 39 heavy (non-hydrogen) atoms. The molecule has 1 atom stereocenters. The van der Waals surface area contributed by atoms with E-state index in [0.29, 0.717) is 30.5 Å². The van der Waals surface area contributed by atoms with Crippen LogP contribution in [0.4, 0.5) is 0 Å². The van der Waals surface area contributed by atoms with Crippen LogP contribution in [0.15, 0.2) is 43.0 Å². The molecular formula is C33H47N3O3. The predicted octanol–water partition coefficient (Wildman–Crippen LogP) is 8.21. The molecule has 6 nitrogen and oxygen atoms in total. The summed E-state index contributed by atoms with van der Waals surface area (Å²) in [5.74, 6) is 2.07. The highest BCUT2D eigenvalue weighted by atomic mass is 16.5. The van der Waals surface area contributed by atoms with Crippen molar-refractivity contribution in [2.45, 2.75) is 91.9 Å². The van der Waals surface area contributed by atoms with Gasteiger partial charge in [-0.3, -0.25) is 0 Å². The van der Waals surface area contributed by atoms with E-state index in [4.69, 9.17) is 9.47 Å². The molecule has 0 amide bonds. The van der Waals surface area contributed by atoms with Crippen molar-refractivity contribution in [1.29, 1.82) is 0 Å². The van der Waals surface area contributed by atoms with Crippen molar-refractivity contribution >= 4 is 0 Å². The van der Waals surface area contributed by atoms with Crippen LogP contribution in [-0.4, -0.2) is 39.9 Å². The Hall–Kier alpha value is -2.99. The lowest BCUT2D eigenvalue weighted by Gasteiger charge is -2.24. The number of hydrogen-bond acceptors (Lipinski definition) is 6. The lowest BCUT2D eigenvalue weighted by atomic mass is 9.86. The molecule has 1 unspecified atom stereocenters. The normalized spacial score (nSPS) is 12.0. The van der Waals surface area contributed by atoms with Gasteiger partial charge in [-0.2, -0.15) is 0 Å². The van der Waals surface area contributed by atoms with Gasteiger partial charge in [0.05, 0.1) is 12.2 Å². The van der Waals surface area contributed by atoms with Gasteiger partial charge in [-0.1, -0.05) is 90.1 Å². The summed E-state index contributed by atoms with van der Waals surface area (Å²) in [7, 11) is 0. The molecule has 0 aliphatic carbocycles. The van der Waals surface area contributed by atoms with E-state index in [-0.39, 0.29) is 5.75 Å². The standard InChI is InChI=1S/C33H47N3O3/c1-5-9-15-25(8-4)22-38-20-21-39-32-27(18-10-6-2)29(26-16-13-12-14-17-26)30(33-35-23-34-24-36-33)31(37)28(32)19-11-7-3/h12-14,16-17,23-25,37H,5-11,15,18-22H2,1-4H3. The van der Waals surface area contributed by atoms with Gasteiger partial charge in [0.15, 0.2) is 5.82 Å². The highest BCUT2D eigenvalue weighted by Crippen LogP contribution is 2.48. The molecule has 6 heteroatoms. The van der Waals surface area contributed by atoms with Gasteiger partial charge in [0.1, 0.15) is 30.8 Å². The zero-order valence-corrected chi connectivity index (χ0v) is 24.4. The second kappa shape index (κ2) is 16.9. The van der Waals surface area contributed by atoms with Gasteiger partial charge in [0.2, 0.25) is 0 Å². The Morgan fingerprint density at radius 3 is 2.10 bits per heavy atom. The van der Waals surface area contributed by atoms with E-state index in [2.05, 4.69) is 54.8 Å². The van der Waals surface area contributed by atoms with Crippen molar-refractivity contribution in [3.63, 3.8) is 0 Å². The molecule has 1 N–H and O–H groups in total. The maximum Gasteiger partial charge on any atom is 0.167 e. The van der Waals surface area contributed by atoms with Gasteiger partial charge in [-0.05, 0) is 43.6 Å². The number of benzene rings is 2. The number of aromatic hydroxyl groups is 1. The number of ether oxygens (including phenoxy) is 2. The Labute approximate surface area is 235 Å². The summed E-state index contributed by atoms with van der Waals surface area (Å²) in [6.45, 7) is 10.6. The molecule has 0 aliphatic heterocycles. The Bertz CT molecular complexity index is 1110. The van der Waals surface area contributed by atoms with Crippen LogP contribution in [0.1, 0.15) is 90.2 Å². The predicted molar refractivity (Wildman–Crippen MR) is 159 cm³/mol. The molecule has 212 valence electrons. The lowest BCUT2D eigenvalue weighted by molar-refractivity contribution is 0.0694. The second-order valence-electron chi connectivity index (χ2n) is 10.3. The fraction of sp³-hybridized carbons (Fsp3) is 0.545. The van der Waals surface area contributed by atoms with Crippen LogP contribution in [0.25, 0.3) is 22.5 Å². The topological polar surface area (TPSA) is 77.4 Å². The van der Waals surface area contributed by atoms with Crippen LogP contribution < -0.4 is 4.74 Å². The first-order valence-electron chi connectivity index (χ1n) is 14.9. The van der Waals surface area contributed by atoms with Crippen LogP contribution in [0.2, 0.25) is 0 Å². The van der Waals surface area contributed by atoms with Crippen LogP contribution in [0.3, 0.4) is 0 Å². The van der Waals surface area contributed by atoms with Gasteiger partial charge >= 0.3 is 0 Å². The second-order valence-corrected chi connectivity index (χ2v) is 10.3. The molecule has 0 radical (unpaired) electrons. The Morgan fingerprint density at radius 2 is 1.46 bits per heavy atom. The average molecular weight is 534 g/mol. The Balaban J connectivity index is 2.05. The molecule has 0 bridgehead atoms. The smallest absolute Gasteiger partial charge is 0.167 e. The number of nitrogens with zero attached hydrogens (tertiary/aromatic N) is 3. The highest BCUT2D eigenvalue weighted by molar-refractivity contribution is 5.90. The Kier molecular flexibility index (Phi) is 13.2. The summed E-state index contributed by atoms with van der Waals surface area (Å²) in [5, 5.41) is 11.8. The summed E-state index contributed by atoms with van der Waals surface area (Å²) in [5.41, 5.74) is 4.56. The minimum atomic E-state index is 0.204. The summed E-state index contributed by atoms with van der Waals surface area (Å²) in [6.07, 6.45) is 13.4. The summed E-state index contributed by atoms with van der Waals surface area (Å²) in [6, 6.07) is 10.2. The van der Waals surface area contributed by atoms with Crippen molar-refractivity contribution in [3.05, 3.63) is 54.1 Å². The zero-order chi connectivity index (χ0) is 27.9. The quantitative estimate of drug-likeness (QED) is 0.166. The highest BCUT2D eigenvalue weighted by Gasteiger charge is 2.27. The third-order valence-corrected chi connectivity index (χ3v) is 7.33. The molecule has 0 saturated heterocycles. The fourth-order valence-corrected chi connectivity index (χ4v) is 5.04. The van der Waals surface area contributed by atoms with E-state index in [1.54, 1.807) is 0 Å². The van der Waals surface area contributed by atoms with Crippen molar-refractivity contribution < 1.29 is 14.6 Å². The SMILES string of the molecule is CCCCc1c(O)c(-c2ncncn2)c(-c2ccccc2)c(CCCC)c1OCCOCC(CC)CCCC. The third kappa shape index (κ3) is 8.50. The largest absolute Gasteiger partial charge is 0.507 e. The minimum Gasteiger partial charge on any atom is -0.507 e. The van der Waals surface area contributed by atoms with Crippen molar-refractivity contribution in [1.82, 2.24) is 15.0 Å². The zero-order valence-electron chi connectivity index (χ0n) is 24.4. The van der Waals surface area contributed by atoms with E-state index in [0.717, 1.165) is 79.6 Å². The van der Waals surface area contributed by atoms with E-state index < -0.39 is 0 Å². The van der Waals surface area contributed by atoms with Gasteiger partial charge in [-0.15, -0.1) is 0 Å². The summed E-state index contributed by atoms with van der Waals surface area (Å²) >= 11 is 0. The van der Waals surface area contributed by atoms with E-state index >= 15 is 0 Å². The Morgan fingerprint density at radius 1 is 0.795 bits per heavy atom. The molecule has 0 saturated carbocycles. The first-order valence-corrected chi connectivity index (χ1v) is 14.9. The number of unbranched alkanes of at least 4 members (excludes halogenated alkanes) is 3. The number of phenols is 1. The monoisotopic (exact) mass is 533 g/mol. The summed E-state index contributed by atoms with van der Waals surface area (Å²) in [4.78, 5) is 12.9. The number of phenolic OH excluding ortho intramolecular Hbond substituents is 1. The number of rotatable bonds is 18. The maximum absolute atomic E-state index is 11.8. The van der Waals surface area contributed by atoms with Crippen LogP contribution in [-0.2, 0) is 17.6 Å². The van der Waals surface area contributed by atoms with Crippen LogP contribution >= 0.6 is 0 Å². The molecule has 1 aromatic heterocycles. The molecule has 3 aromatic rings. The average Bonchev–Trinajstić information content (AvgIpc) is 2.98. The van der Waals surface area contributed by atoms with Crippen molar-refractivity contribution in [3.8, 4) is 34.0 Å². The molecule has 3 rings (SSSR count). The summed E-state index contributed by atoms with van der Waals surface area (Å²) < 4.78 is 12.6.